The van der Waals surface area contributed by atoms with Crippen LogP contribution in [0.25, 0.3) is 22.4 Å². The van der Waals surface area contributed by atoms with E-state index in [0.717, 1.165) is 24.8 Å². The molecule has 0 atom stereocenters. The molecule has 186 valence electrons. The number of carbonyl (C=O) groups is 2. The second kappa shape index (κ2) is 11.1. The number of likely N-dealkylation sites (tertiary alicyclic amines) is 1. The van der Waals surface area contributed by atoms with Crippen LogP contribution in [0.4, 0.5) is 4.39 Å². The summed E-state index contributed by atoms with van der Waals surface area (Å²) in [5.74, 6) is -1.01. The van der Waals surface area contributed by atoms with Gasteiger partial charge in [-0.25, -0.2) is 4.39 Å². The van der Waals surface area contributed by atoms with Crippen LogP contribution in [0.3, 0.4) is 0 Å². The van der Waals surface area contributed by atoms with Crippen LogP contribution in [0.1, 0.15) is 48.2 Å². The third-order valence-corrected chi connectivity index (χ3v) is 6.50. The maximum atomic E-state index is 14.6. The molecule has 0 aliphatic carbocycles. The predicted molar refractivity (Wildman–Crippen MR) is 133 cm³/mol. The van der Waals surface area contributed by atoms with E-state index in [9.17, 15) is 19.1 Å². The molecule has 2 heterocycles. The largest absolute Gasteiger partial charge is 0.497 e. The van der Waals surface area contributed by atoms with E-state index in [1.54, 1.807) is 31.4 Å². The highest BCUT2D eigenvalue weighted by molar-refractivity contribution is 5.98. The zero-order valence-electron chi connectivity index (χ0n) is 20.2. The Bertz CT molecular complexity index is 1300. The molecule has 0 spiro atoms. The summed E-state index contributed by atoms with van der Waals surface area (Å²) in [5, 5.41) is 18.4. The van der Waals surface area contributed by atoms with E-state index in [-0.39, 0.29) is 17.9 Å². The molecule has 3 aromatic rings. The topological polar surface area (TPSA) is 95.6 Å². The molecule has 7 nitrogen and oxygen atoms in total. The van der Waals surface area contributed by atoms with E-state index in [2.05, 4.69) is 0 Å². The summed E-state index contributed by atoms with van der Waals surface area (Å²) in [6, 6.07) is 15.3. The zero-order chi connectivity index (χ0) is 25.7. The Morgan fingerprint density at radius 2 is 1.75 bits per heavy atom. The fourth-order valence-electron chi connectivity index (χ4n) is 4.66. The average Bonchev–Trinajstić information content (AvgIpc) is 3.27. The summed E-state index contributed by atoms with van der Waals surface area (Å²) >= 11 is 0. The quantitative estimate of drug-likeness (QED) is 0.461. The zero-order valence-corrected chi connectivity index (χ0v) is 20.2. The third kappa shape index (κ3) is 5.25. The molecule has 2 aromatic carbocycles. The Morgan fingerprint density at radius 1 is 1.06 bits per heavy atom. The van der Waals surface area contributed by atoms with E-state index in [4.69, 9.17) is 10.00 Å². The first-order chi connectivity index (χ1) is 17.4. The highest BCUT2D eigenvalue weighted by atomic mass is 19.1. The Balaban J connectivity index is 1.91. The number of aromatic nitrogens is 1. The lowest BCUT2D eigenvalue weighted by molar-refractivity contribution is -0.137. The number of nitrogens with zero attached hydrogens (tertiary/aromatic N) is 3. The molecular formula is C28H28FN3O4. The Labute approximate surface area is 209 Å². The molecule has 1 fully saturated rings. The normalized spacial score (nSPS) is 13.3. The fraction of sp³-hybridized carbons (Fsp3) is 0.321. The van der Waals surface area contributed by atoms with Crippen LogP contribution < -0.4 is 4.74 Å². The van der Waals surface area contributed by atoms with E-state index in [1.807, 2.05) is 27.7 Å². The number of methoxy groups -OCH3 is 1. The second-order valence-corrected chi connectivity index (χ2v) is 8.83. The Hall–Kier alpha value is -4.12. The van der Waals surface area contributed by atoms with Crippen LogP contribution in [0.15, 0.2) is 48.5 Å². The summed E-state index contributed by atoms with van der Waals surface area (Å²) < 4.78 is 21.8. The maximum absolute atomic E-state index is 14.6. The first-order valence-electron chi connectivity index (χ1n) is 12.0. The number of nitriles is 1. The molecule has 1 saturated heterocycles. The molecule has 0 bridgehead atoms. The van der Waals surface area contributed by atoms with Gasteiger partial charge in [0.25, 0.3) is 5.91 Å². The van der Waals surface area contributed by atoms with Crippen LogP contribution >= 0.6 is 0 Å². The summed E-state index contributed by atoms with van der Waals surface area (Å²) in [6.07, 6.45) is 3.23. The number of hydrogen-bond donors (Lipinski definition) is 1. The smallest absolute Gasteiger partial charge is 0.303 e. The van der Waals surface area contributed by atoms with Gasteiger partial charge >= 0.3 is 5.97 Å². The van der Waals surface area contributed by atoms with Crippen molar-refractivity contribution < 1.29 is 23.8 Å². The highest BCUT2D eigenvalue weighted by Gasteiger charge is 2.27. The van der Waals surface area contributed by atoms with Gasteiger partial charge in [0.15, 0.2) is 0 Å². The lowest BCUT2D eigenvalue weighted by Crippen LogP contribution is -2.36. The van der Waals surface area contributed by atoms with Gasteiger partial charge in [-0.3, -0.25) is 9.59 Å². The number of rotatable bonds is 8. The van der Waals surface area contributed by atoms with Crippen molar-refractivity contribution in [2.45, 2.75) is 38.6 Å². The van der Waals surface area contributed by atoms with Crippen LogP contribution in [0.2, 0.25) is 0 Å². The SMILES string of the molecule is COc1ccc(-c2c(-c3ccc(C#N)c(F)c3)cc(C(=O)N3CCCCC3)n2CCCC(=O)O)cc1. The standard InChI is InChI=1S/C28H28FN3O4/c1-36-22-11-9-19(10-12-22)27-23(20-7-8-21(18-30)24(29)16-20)17-25(32(27)15-5-6-26(33)34)28(35)31-13-3-2-4-14-31/h7-12,16-17H,2-6,13-15H2,1H3,(H,33,34). The van der Waals surface area contributed by atoms with Gasteiger partial charge in [0.2, 0.25) is 0 Å². The van der Waals surface area contributed by atoms with Gasteiger partial charge in [0.1, 0.15) is 23.3 Å². The highest BCUT2D eigenvalue weighted by Crippen LogP contribution is 2.37. The monoisotopic (exact) mass is 489 g/mol. The molecular weight excluding hydrogens is 461 g/mol. The number of carboxylic acids is 1. The van der Waals surface area contributed by atoms with Gasteiger partial charge in [-0.15, -0.1) is 0 Å². The predicted octanol–water partition coefficient (Wildman–Crippen LogP) is 5.33. The summed E-state index contributed by atoms with van der Waals surface area (Å²) in [4.78, 5) is 26.7. The molecule has 1 amide bonds. The molecule has 0 saturated carbocycles. The first kappa shape index (κ1) is 25.0. The van der Waals surface area contributed by atoms with E-state index < -0.39 is 11.8 Å². The molecule has 1 aromatic heterocycles. The minimum atomic E-state index is -0.911. The van der Waals surface area contributed by atoms with Crippen molar-refractivity contribution in [1.29, 1.82) is 5.26 Å². The van der Waals surface area contributed by atoms with Crippen molar-refractivity contribution in [2.75, 3.05) is 20.2 Å². The van der Waals surface area contributed by atoms with Crippen LogP contribution in [-0.4, -0.2) is 46.6 Å². The van der Waals surface area contributed by atoms with Crippen molar-refractivity contribution in [3.63, 3.8) is 0 Å². The third-order valence-electron chi connectivity index (χ3n) is 6.50. The van der Waals surface area contributed by atoms with Crippen molar-refractivity contribution in [3.8, 4) is 34.2 Å². The van der Waals surface area contributed by atoms with Gasteiger partial charge in [-0.1, -0.05) is 6.07 Å². The van der Waals surface area contributed by atoms with Crippen molar-refractivity contribution in [1.82, 2.24) is 9.47 Å². The van der Waals surface area contributed by atoms with Crippen molar-refractivity contribution >= 4 is 11.9 Å². The van der Waals surface area contributed by atoms with Crippen LogP contribution in [0.5, 0.6) is 5.75 Å². The number of amides is 1. The first-order valence-corrected chi connectivity index (χ1v) is 12.0. The number of hydrogen-bond acceptors (Lipinski definition) is 4. The number of carbonyl (C=O) groups excluding carboxylic acids is 1. The summed E-state index contributed by atoms with van der Waals surface area (Å²) in [6.45, 7) is 1.64. The maximum Gasteiger partial charge on any atom is 0.303 e. The molecule has 8 heteroatoms. The molecule has 1 aliphatic rings. The van der Waals surface area contributed by atoms with Gasteiger partial charge in [-0.05, 0) is 79.3 Å². The molecule has 36 heavy (non-hydrogen) atoms. The number of piperidine rings is 1. The van der Waals surface area contributed by atoms with E-state index in [1.165, 1.54) is 12.1 Å². The van der Waals surface area contributed by atoms with Gasteiger partial charge in [0, 0.05) is 31.6 Å². The molecule has 1 aliphatic heterocycles. The number of aliphatic carboxylic acids is 1. The number of halogens is 1. The minimum Gasteiger partial charge on any atom is -0.497 e. The second-order valence-electron chi connectivity index (χ2n) is 8.83. The average molecular weight is 490 g/mol. The lowest BCUT2D eigenvalue weighted by atomic mass is 9.99. The minimum absolute atomic E-state index is 0.0432. The molecule has 0 radical (unpaired) electrons. The molecule has 1 N–H and O–H groups in total. The number of carboxylic acid groups (broad SMARTS) is 1. The number of ether oxygens (including phenoxy) is 1. The van der Waals surface area contributed by atoms with Gasteiger partial charge in [0.05, 0.1) is 18.4 Å². The van der Waals surface area contributed by atoms with Crippen LogP contribution in [-0.2, 0) is 11.3 Å². The van der Waals surface area contributed by atoms with E-state index in [0.29, 0.717) is 54.3 Å². The number of benzene rings is 2. The summed E-state index contributed by atoms with van der Waals surface area (Å²) in [7, 11) is 1.57. The van der Waals surface area contributed by atoms with Crippen molar-refractivity contribution in [2.24, 2.45) is 0 Å². The van der Waals surface area contributed by atoms with Gasteiger partial charge in [-0.2, -0.15) is 5.26 Å². The Kier molecular flexibility index (Phi) is 7.69. The Morgan fingerprint density at radius 3 is 2.36 bits per heavy atom. The van der Waals surface area contributed by atoms with E-state index >= 15 is 0 Å². The van der Waals surface area contributed by atoms with Crippen molar-refractivity contribution in [3.05, 3.63) is 65.6 Å². The summed E-state index contributed by atoms with van der Waals surface area (Å²) in [5.41, 5.74) is 3.01. The van der Waals surface area contributed by atoms with Crippen LogP contribution in [0, 0.1) is 17.1 Å². The lowest BCUT2D eigenvalue weighted by Gasteiger charge is -2.27. The fourth-order valence-corrected chi connectivity index (χ4v) is 4.66. The molecule has 0 unspecified atom stereocenters. The van der Waals surface area contributed by atoms with Gasteiger partial charge < -0.3 is 19.3 Å². The molecule has 4 rings (SSSR count).